The van der Waals surface area contributed by atoms with E-state index in [2.05, 4.69) is 10.1 Å². The number of hydrogen-bond acceptors (Lipinski definition) is 5. The van der Waals surface area contributed by atoms with Crippen LogP contribution in [0, 0.1) is 0 Å². The zero-order valence-electron chi connectivity index (χ0n) is 9.08. The van der Waals surface area contributed by atoms with E-state index in [4.69, 9.17) is 10.5 Å². The fraction of sp³-hybridized carbons (Fsp3) is 0.200. The number of aromatic nitrogens is 3. The first-order chi connectivity index (χ1) is 8.19. The topological polar surface area (TPSA) is 99.6 Å². The van der Waals surface area contributed by atoms with Gasteiger partial charge in [-0.25, -0.2) is 9.50 Å². The number of amides is 1. The summed E-state index contributed by atoms with van der Waals surface area (Å²) < 4.78 is 6.20. The van der Waals surface area contributed by atoms with Gasteiger partial charge in [-0.3, -0.25) is 9.59 Å². The predicted molar refractivity (Wildman–Crippen MR) is 57.6 cm³/mol. The van der Waals surface area contributed by atoms with E-state index >= 15 is 0 Å². The van der Waals surface area contributed by atoms with Crippen molar-refractivity contribution in [2.45, 2.75) is 6.61 Å². The number of ether oxygens (including phenoxy) is 1. The SMILES string of the molecule is COCc1nn2c(C=O)ccnc2c1C(N)=O. The minimum Gasteiger partial charge on any atom is -0.378 e. The number of fused-ring (bicyclic) bond motifs is 1. The van der Waals surface area contributed by atoms with Crippen LogP contribution in [0.2, 0.25) is 0 Å². The summed E-state index contributed by atoms with van der Waals surface area (Å²) in [6, 6.07) is 1.49. The lowest BCUT2D eigenvalue weighted by Gasteiger charge is -1.96. The van der Waals surface area contributed by atoms with E-state index in [-0.39, 0.29) is 17.8 Å². The molecule has 0 aromatic carbocycles. The molecule has 88 valence electrons. The molecule has 2 rings (SSSR count). The summed E-state index contributed by atoms with van der Waals surface area (Å²) in [7, 11) is 1.48. The molecule has 0 atom stereocenters. The van der Waals surface area contributed by atoms with E-state index in [1.54, 1.807) is 0 Å². The quantitative estimate of drug-likeness (QED) is 0.737. The van der Waals surface area contributed by atoms with Gasteiger partial charge in [0.25, 0.3) is 5.91 Å². The van der Waals surface area contributed by atoms with Gasteiger partial charge in [-0.15, -0.1) is 0 Å². The third-order valence-corrected chi connectivity index (χ3v) is 2.27. The van der Waals surface area contributed by atoms with Crippen LogP contribution >= 0.6 is 0 Å². The lowest BCUT2D eigenvalue weighted by Crippen LogP contribution is -2.13. The first-order valence-corrected chi connectivity index (χ1v) is 4.79. The molecular formula is C10H10N4O3. The van der Waals surface area contributed by atoms with Crippen molar-refractivity contribution >= 4 is 17.8 Å². The van der Waals surface area contributed by atoms with Crippen LogP contribution in [0.15, 0.2) is 12.3 Å². The zero-order valence-corrected chi connectivity index (χ0v) is 9.08. The molecule has 0 aliphatic rings. The highest BCUT2D eigenvalue weighted by atomic mass is 16.5. The smallest absolute Gasteiger partial charge is 0.254 e. The summed E-state index contributed by atoms with van der Waals surface area (Å²) >= 11 is 0. The highest BCUT2D eigenvalue weighted by Gasteiger charge is 2.19. The molecule has 2 aromatic rings. The summed E-state index contributed by atoms with van der Waals surface area (Å²) in [4.78, 5) is 26.2. The average Bonchev–Trinajstić information content (AvgIpc) is 2.67. The summed E-state index contributed by atoms with van der Waals surface area (Å²) in [6.07, 6.45) is 2.05. The van der Waals surface area contributed by atoms with Crippen LogP contribution in [0.3, 0.4) is 0 Å². The van der Waals surface area contributed by atoms with Crippen molar-refractivity contribution in [2.75, 3.05) is 7.11 Å². The lowest BCUT2D eigenvalue weighted by atomic mass is 10.2. The van der Waals surface area contributed by atoms with Gasteiger partial charge in [0.05, 0.1) is 6.61 Å². The molecule has 0 saturated heterocycles. The number of carbonyl (C=O) groups is 2. The molecule has 0 fully saturated rings. The highest BCUT2D eigenvalue weighted by molar-refractivity contribution is 6.00. The lowest BCUT2D eigenvalue weighted by molar-refractivity contribution is 0.0996. The molecule has 17 heavy (non-hydrogen) atoms. The zero-order chi connectivity index (χ0) is 12.4. The average molecular weight is 234 g/mol. The van der Waals surface area contributed by atoms with Gasteiger partial charge in [-0.2, -0.15) is 5.10 Å². The molecule has 0 saturated carbocycles. The second kappa shape index (κ2) is 4.30. The fourth-order valence-electron chi connectivity index (χ4n) is 1.59. The summed E-state index contributed by atoms with van der Waals surface area (Å²) in [5.41, 5.74) is 6.36. The monoisotopic (exact) mass is 234 g/mol. The summed E-state index contributed by atoms with van der Waals surface area (Å²) in [5, 5.41) is 4.09. The van der Waals surface area contributed by atoms with Gasteiger partial charge in [0.2, 0.25) is 0 Å². The molecular weight excluding hydrogens is 224 g/mol. The Labute approximate surface area is 96.2 Å². The Balaban J connectivity index is 2.78. The van der Waals surface area contributed by atoms with Gasteiger partial charge < -0.3 is 10.5 Å². The summed E-state index contributed by atoms with van der Waals surface area (Å²) in [6.45, 7) is 0.125. The standard InChI is InChI=1S/C10H10N4O3/c1-17-5-7-8(9(11)16)10-12-3-2-6(4-15)14(10)13-7/h2-4H,5H2,1H3,(H2,11,16). The van der Waals surface area contributed by atoms with Crippen LogP contribution in [0.1, 0.15) is 26.5 Å². The van der Waals surface area contributed by atoms with Gasteiger partial charge >= 0.3 is 0 Å². The van der Waals surface area contributed by atoms with Crippen molar-refractivity contribution in [3.05, 3.63) is 29.2 Å². The van der Waals surface area contributed by atoms with Crippen molar-refractivity contribution in [1.82, 2.24) is 14.6 Å². The molecule has 2 heterocycles. The molecule has 0 aliphatic carbocycles. The number of methoxy groups -OCH3 is 1. The van der Waals surface area contributed by atoms with Crippen molar-refractivity contribution in [2.24, 2.45) is 5.73 Å². The molecule has 7 heteroatoms. The highest BCUT2D eigenvalue weighted by Crippen LogP contribution is 2.15. The number of hydrogen-bond donors (Lipinski definition) is 1. The van der Waals surface area contributed by atoms with Crippen LogP contribution < -0.4 is 5.73 Å². The van der Waals surface area contributed by atoms with E-state index in [9.17, 15) is 9.59 Å². The number of primary amides is 1. The van der Waals surface area contributed by atoms with Crippen LogP contribution in [-0.2, 0) is 11.3 Å². The maximum absolute atomic E-state index is 11.4. The molecule has 2 N–H and O–H groups in total. The normalized spacial score (nSPS) is 10.6. The van der Waals surface area contributed by atoms with E-state index in [0.29, 0.717) is 17.7 Å². The Hall–Kier alpha value is -2.28. The van der Waals surface area contributed by atoms with Gasteiger partial charge in [0, 0.05) is 13.3 Å². The second-order valence-corrected chi connectivity index (χ2v) is 3.34. The second-order valence-electron chi connectivity index (χ2n) is 3.34. The predicted octanol–water partition coefficient (Wildman–Crippen LogP) is -0.213. The van der Waals surface area contributed by atoms with Crippen molar-refractivity contribution in [3.8, 4) is 0 Å². The maximum Gasteiger partial charge on any atom is 0.254 e. The number of rotatable bonds is 4. The summed E-state index contributed by atoms with van der Waals surface area (Å²) in [5.74, 6) is -0.650. The van der Waals surface area contributed by atoms with Crippen molar-refractivity contribution in [1.29, 1.82) is 0 Å². The molecule has 2 aromatic heterocycles. The third-order valence-electron chi connectivity index (χ3n) is 2.27. The molecule has 0 radical (unpaired) electrons. The van der Waals surface area contributed by atoms with E-state index in [0.717, 1.165) is 0 Å². The molecule has 0 spiro atoms. The molecule has 1 amide bonds. The minimum atomic E-state index is -0.650. The van der Waals surface area contributed by atoms with E-state index in [1.165, 1.54) is 23.9 Å². The van der Waals surface area contributed by atoms with Crippen LogP contribution in [0.5, 0.6) is 0 Å². The van der Waals surface area contributed by atoms with Crippen LogP contribution in [-0.4, -0.2) is 33.9 Å². The Bertz CT molecular complexity index is 590. The van der Waals surface area contributed by atoms with Crippen molar-refractivity contribution in [3.63, 3.8) is 0 Å². The fourth-order valence-corrected chi connectivity index (χ4v) is 1.59. The molecule has 0 unspecified atom stereocenters. The number of nitrogens with two attached hydrogens (primary N) is 1. The number of aldehydes is 1. The third kappa shape index (κ3) is 1.76. The van der Waals surface area contributed by atoms with Crippen LogP contribution in [0.25, 0.3) is 5.65 Å². The van der Waals surface area contributed by atoms with Crippen molar-refractivity contribution < 1.29 is 14.3 Å². The van der Waals surface area contributed by atoms with Crippen LogP contribution in [0.4, 0.5) is 0 Å². The van der Waals surface area contributed by atoms with Gasteiger partial charge in [-0.05, 0) is 6.07 Å². The number of nitrogens with zero attached hydrogens (tertiary/aromatic N) is 3. The Kier molecular flexibility index (Phi) is 2.84. The molecule has 0 aliphatic heterocycles. The molecule has 7 nitrogen and oxygen atoms in total. The largest absolute Gasteiger partial charge is 0.378 e. The first kappa shape index (κ1) is 11.2. The Morgan fingerprint density at radius 1 is 1.65 bits per heavy atom. The first-order valence-electron chi connectivity index (χ1n) is 4.79. The van der Waals surface area contributed by atoms with E-state index in [1.807, 2.05) is 0 Å². The Morgan fingerprint density at radius 2 is 2.41 bits per heavy atom. The van der Waals surface area contributed by atoms with Gasteiger partial charge in [0.1, 0.15) is 17.0 Å². The number of carbonyl (C=O) groups excluding carboxylic acids is 2. The maximum atomic E-state index is 11.4. The van der Waals surface area contributed by atoms with Gasteiger partial charge in [0.15, 0.2) is 11.9 Å². The Morgan fingerprint density at radius 3 is 3.00 bits per heavy atom. The van der Waals surface area contributed by atoms with E-state index < -0.39 is 5.91 Å². The van der Waals surface area contributed by atoms with Gasteiger partial charge in [-0.1, -0.05) is 0 Å². The molecule has 0 bridgehead atoms. The minimum absolute atomic E-state index is 0.125.